The molecule has 1 N–H and O–H groups in total. The topological polar surface area (TPSA) is 65.0 Å². The van der Waals surface area contributed by atoms with Crippen LogP contribution in [0.2, 0.25) is 0 Å². The van der Waals surface area contributed by atoms with E-state index in [0.717, 1.165) is 6.08 Å². The highest BCUT2D eigenvalue weighted by Gasteiger charge is 2.08. The molecule has 5 nitrogen and oxygen atoms in total. The van der Waals surface area contributed by atoms with E-state index in [-0.39, 0.29) is 6.79 Å². The van der Waals surface area contributed by atoms with Crippen molar-refractivity contribution in [1.82, 2.24) is 0 Å². The third-order valence-corrected chi connectivity index (χ3v) is 1.95. The summed E-state index contributed by atoms with van der Waals surface area (Å²) in [6.07, 6.45) is 2.48. The second-order valence-electron chi connectivity index (χ2n) is 3.10. The number of para-hydroxylation sites is 1. The molecule has 0 atom stereocenters. The molecule has 0 saturated carbocycles. The van der Waals surface area contributed by atoms with E-state index in [0.29, 0.717) is 17.1 Å². The monoisotopic (exact) mass is 238 g/mol. The smallest absolute Gasteiger partial charge is 0.328 e. The molecule has 0 fully saturated rings. The van der Waals surface area contributed by atoms with Crippen LogP contribution in [-0.2, 0) is 9.53 Å². The highest BCUT2D eigenvalue weighted by atomic mass is 16.7. The first kappa shape index (κ1) is 13.1. The van der Waals surface area contributed by atoms with Gasteiger partial charge in [-0.1, -0.05) is 12.1 Å². The Balaban J connectivity index is 3.00. The molecule has 0 aromatic heterocycles. The van der Waals surface area contributed by atoms with Crippen LogP contribution in [0.4, 0.5) is 0 Å². The minimum absolute atomic E-state index is 0.0997. The van der Waals surface area contributed by atoms with Gasteiger partial charge in [0.1, 0.15) is 0 Å². The zero-order valence-corrected chi connectivity index (χ0v) is 9.67. The molecule has 0 saturated heterocycles. The van der Waals surface area contributed by atoms with Crippen molar-refractivity contribution in [2.45, 2.75) is 0 Å². The van der Waals surface area contributed by atoms with Gasteiger partial charge in [-0.3, -0.25) is 0 Å². The molecule has 0 unspecified atom stereocenters. The number of benzene rings is 1. The van der Waals surface area contributed by atoms with Gasteiger partial charge in [0, 0.05) is 18.7 Å². The largest absolute Gasteiger partial charge is 0.492 e. The van der Waals surface area contributed by atoms with Gasteiger partial charge in [-0.25, -0.2) is 4.79 Å². The Hall–Kier alpha value is -2.01. The number of rotatable bonds is 6. The van der Waals surface area contributed by atoms with Crippen molar-refractivity contribution >= 4 is 12.0 Å². The van der Waals surface area contributed by atoms with Crippen molar-refractivity contribution in [3.05, 3.63) is 29.8 Å². The van der Waals surface area contributed by atoms with Crippen LogP contribution in [0.15, 0.2) is 24.3 Å². The molecule has 0 bridgehead atoms. The van der Waals surface area contributed by atoms with E-state index in [1.807, 2.05) is 0 Å². The van der Waals surface area contributed by atoms with Crippen molar-refractivity contribution in [3.63, 3.8) is 0 Å². The molecule has 0 aliphatic carbocycles. The van der Waals surface area contributed by atoms with Gasteiger partial charge < -0.3 is 19.3 Å². The predicted molar refractivity (Wildman–Crippen MR) is 62.2 cm³/mol. The van der Waals surface area contributed by atoms with E-state index in [2.05, 4.69) is 0 Å². The average Bonchev–Trinajstić information content (AvgIpc) is 2.33. The van der Waals surface area contributed by atoms with Crippen molar-refractivity contribution in [2.75, 3.05) is 21.0 Å². The molecule has 5 heteroatoms. The maximum absolute atomic E-state index is 10.5. The molecule has 0 radical (unpaired) electrons. The lowest BCUT2D eigenvalue weighted by Gasteiger charge is -2.11. The van der Waals surface area contributed by atoms with Gasteiger partial charge in [0.25, 0.3) is 0 Å². The standard InChI is InChI=1S/C12H14O5/c1-15-8-17-10-5-3-4-9(12(10)16-2)6-7-11(13)14/h3-7H,8H2,1-2H3,(H,13,14). The van der Waals surface area contributed by atoms with Gasteiger partial charge in [-0.15, -0.1) is 0 Å². The molecule has 1 rings (SSSR count). The van der Waals surface area contributed by atoms with Crippen LogP contribution >= 0.6 is 0 Å². The third kappa shape index (κ3) is 3.81. The first-order valence-electron chi connectivity index (χ1n) is 4.88. The molecular formula is C12H14O5. The Morgan fingerprint density at radius 2 is 2.18 bits per heavy atom. The summed E-state index contributed by atoms with van der Waals surface area (Å²) >= 11 is 0. The first-order valence-corrected chi connectivity index (χ1v) is 4.88. The summed E-state index contributed by atoms with van der Waals surface area (Å²) in [7, 11) is 3.01. The summed E-state index contributed by atoms with van der Waals surface area (Å²) in [5.41, 5.74) is 0.628. The lowest BCUT2D eigenvalue weighted by molar-refractivity contribution is -0.131. The van der Waals surface area contributed by atoms with Crippen molar-refractivity contribution < 1.29 is 24.1 Å². The van der Waals surface area contributed by atoms with Gasteiger partial charge >= 0.3 is 5.97 Å². The van der Waals surface area contributed by atoms with Crippen LogP contribution in [0, 0.1) is 0 Å². The van der Waals surface area contributed by atoms with E-state index in [1.54, 1.807) is 18.2 Å². The second kappa shape index (κ2) is 6.55. The minimum atomic E-state index is -1.02. The van der Waals surface area contributed by atoms with E-state index < -0.39 is 5.97 Å². The highest BCUT2D eigenvalue weighted by Crippen LogP contribution is 2.31. The molecule has 1 aromatic rings. The lowest BCUT2D eigenvalue weighted by Crippen LogP contribution is -2.01. The van der Waals surface area contributed by atoms with Gasteiger partial charge in [-0.2, -0.15) is 0 Å². The fourth-order valence-corrected chi connectivity index (χ4v) is 1.28. The lowest BCUT2D eigenvalue weighted by atomic mass is 10.1. The third-order valence-electron chi connectivity index (χ3n) is 1.95. The van der Waals surface area contributed by atoms with E-state index >= 15 is 0 Å². The van der Waals surface area contributed by atoms with Crippen molar-refractivity contribution in [1.29, 1.82) is 0 Å². The van der Waals surface area contributed by atoms with Crippen LogP contribution in [0.5, 0.6) is 11.5 Å². The van der Waals surface area contributed by atoms with Crippen LogP contribution in [0.3, 0.4) is 0 Å². The minimum Gasteiger partial charge on any atom is -0.492 e. The molecule has 1 aromatic carbocycles. The zero-order chi connectivity index (χ0) is 12.7. The fourth-order valence-electron chi connectivity index (χ4n) is 1.28. The maximum Gasteiger partial charge on any atom is 0.328 e. The zero-order valence-electron chi connectivity index (χ0n) is 9.67. The number of hydrogen-bond acceptors (Lipinski definition) is 4. The quantitative estimate of drug-likeness (QED) is 0.604. The summed E-state index contributed by atoms with van der Waals surface area (Å²) in [5, 5.41) is 8.57. The Bertz CT molecular complexity index is 411. The fraction of sp³-hybridized carbons (Fsp3) is 0.250. The summed E-state index contributed by atoms with van der Waals surface area (Å²) in [4.78, 5) is 10.5. The van der Waals surface area contributed by atoms with Crippen molar-refractivity contribution in [3.8, 4) is 11.5 Å². The number of carboxylic acids is 1. The van der Waals surface area contributed by atoms with Gasteiger partial charge in [0.05, 0.1) is 7.11 Å². The Morgan fingerprint density at radius 3 is 2.76 bits per heavy atom. The van der Waals surface area contributed by atoms with E-state index in [4.69, 9.17) is 19.3 Å². The molecular weight excluding hydrogens is 224 g/mol. The van der Waals surface area contributed by atoms with Gasteiger partial charge in [0.2, 0.25) is 0 Å². The number of hydrogen-bond donors (Lipinski definition) is 1. The van der Waals surface area contributed by atoms with E-state index in [1.165, 1.54) is 20.3 Å². The van der Waals surface area contributed by atoms with Crippen LogP contribution in [0.1, 0.15) is 5.56 Å². The van der Waals surface area contributed by atoms with Crippen LogP contribution < -0.4 is 9.47 Å². The normalized spacial score (nSPS) is 10.5. The Labute approximate surface area is 99.2 Å². The number of methoxy groups -OCH3 is 2. The summed E-state index contributed by atoms with van der Waals surface area (Å²) in [6, 6.07) is 5.20. The molecule has 0 aliphatic heterocycles. The van der Waals surface area contributed by atoms with E-state index in [9.17, 15) is 4.79 Å². The summed E-state index contributed by atoms with van der Waals surface area (Å²) in [5.74, 6) is -0.0424. The molecule has 0 spiro atoms. The highest BCUT2D eigenvalue weighted by molar-refractivity contribution is 5.86. The van der Waals surface area contributed by atoms with Crippen molar-refractivity contribution in [2.24, 2.45) is 0 Å². The predicted octanol–water partition coefficient (Wildman–Crippen LogP) is 1.78. The van der Waals surface area contributed by atoms with Gasteiger partial charge in [-0.05, 0) is 12.1 Å². The average molecular weight is 238 g/mol. The number of ether oxygens (including phenoxy) is 3. The summed E-state index contributed by atoms with van der Waals surface area (Å²) < 4.78 is 15.3. The SMILES string of the molecule is COCOc1cccc(C=CC(=O)O)c1OC. The Kier molecular flexibility index (Phi) is 5.03. The molecule has 17 heavy (non-hydrogen) atoms. The molecule has 0 amide bonds. The number of carboxylic acid groups (broad SMARTS) is 1. The molecule has 92 valence electrons. The molecule has 0 aliphatic rings. The Morgan fingerprint density at radius 1 is 1.41 bits per heavy atom. The number of carbonyl (C=O) groups is 1. The maximum atomic E-state index is 10.5. The summed E-state index contributed by atoms with van der Waals surface area (Å²) in [6.45, 7) is 0.0997. The second-order valence-corrected chi connectivity index (χ2v) is 3.10. The van der Waals surface area contributed by atoms with Crippen LogP contribution in [-0.4, -0.2) is 32.1 Å². The first-order chi connectivity index (χ1) is 8.19. The van der Waals surface area contributed by atoms with Crippen LogP contribution in [0.25, 0.3) is 6.08 Å². The van der Waals surface area contributed by atoms with Gasteiger partial charge in [0.15, 0.2) is 18.3 Å². The number of aliphatic carboxylic acids is 1. The molecule has 0 heterocycles.